The molecule has 16 heavy (non-hydrogen) atoms. The average Bonchev–Trinajstić information content (AvgIpc) is 2.78. The molecule has 0 bridgehead atoms. The summed E-state index contributed by atoms with van der Waals surface area (Å²) < 4.78 is 10.6. The molecule has 2 unspecified atom stereocenters. The van der Waals surface area contributed by atoms with Crippen LogP contribution in [-0.2, 0) is 4.74 Å². The first-order chi connectivity index (χ1) is 7.85. The van der Waals surface area contributed by atoms with Gasteiger partial charge in [-0.2, -0.15) is 0 Å². The normalized spacial score (nSPS) is 24.6. The topological polar surface area (TPSA) is 30.5 Å². The predicted octanol–water partition coefficient (Wildman–Crippen LogP) is 1.79. The van der Waals surface area contributed by atoms with Gasteiger partial charge in [-0.1, -0.05) is 18.2 Å². The number of para-hydroxylation sites is 1. The molecule has 0 spiro atoms. The van der Waals surface area contributed by atoms with Crippen molar-refractivity contribution < 1.29 is 9.47 Å². The Kier molecular flexibility index (Phi) is 3.80. The Labute approximate surface area is 96.8 Å². The summed E-state index contributed by atoms with van der Waals surface area (Å²) >= 11 is 0. The van der Waals surface area contributed by atoms with Crippen LogP contribution in [0.4, 0.5) is 0 Å². The molecule has 0 aromatic heterocycles. The highest BCUT2D eigenvalue weighted by Gasteiger charge is 2.26. The van der Waals surface area contributed by atoms with Gasteiger partial charge in [0.25, 0.3) is 0 Å². The third-order valence-corrected chi connectivity index (χ3v) is 3.17. The van der Waals surface area contributed by atoms with Crippen molar-refractivity contribution in [2.75, 3.05) is 27.4 Å². The van der Waals surface area contributed by atoms with Crippen molar-refractivity contribution in [1.82, 2.24) is 5.32 Å². The van der Waals surface area contributed by atoms with Crippen LogP contribution in [0.1, 0.15) is 17.9 Å². The summed E-state index contributed by atoms with van der Waals surface area (Å²) in [5.41, 5.74) is 1.30. The fourth-order valence-corrected chi connectivity index (χ4v) is 2.39. The average molecular weight is 221 g/mol. The minimum Gasteiger partial charge on any atom is -0.496 e. The van der Waals surface area contributed by atoms with E-state index in [1.54, 1.807) is 14.2 Å². The summed E-state index contributed by atoms with van der Waals surface area (Å²) in [5, 5.41) is 3.48. The monoisotopic (exact) mass is 221 g/mol. The molecule has 1 N–H and O–H groups in total. The summed E-state index contributed by atoms with van der Waals surface area (Å²) in [6.07, 6.45) is 1.12. The largest absolute Gasteiger partial charge is 0.496 e. The molecule has 3 heteroatoms. The number of ether oxygens (including phenoxy) is 2. The summed E-state index contributed by atoms with van der Waals surface area (Å²) in [5.74, 6) is 1.53. The highest BCUT2D eigenvalue weighted by molar-refractivity contribution is 5.37. The van der Waals surface area contributed by atoms with Gasteiger partial charge in [0.1, 0.15) is 5.75 Å². The van der Waals surface area contributed by atoms with Crippen LogP contribution in [0, 0.1) is 0 Å². The van der Waals surface area contributed by atoms with E-state index in [-0.39, 0.29) is 0 Å². The van der Waals surface area contributed by atoms with E-state index in [1.165, 1.54) is 5.56 Å². The maximum Gasteiger partial charge on any atom is 0.122 e. The van der Waals surface area contributed by atoms with Gasteiger partial charge in [0, 0.05) is 25.6 Å². The van der Waals surface area contributed by atoms with E-state index in [4.69, 9.17) is 9.47 Å². The van der Waals surface area contributed by atoms with Gasteiger partial charge in [-0.15, -0.1) is 0 Å². The van der Waals surface area contributed by atoms with Crippen LogP contribution in [0.15, 0.2) is 24.3 Å². The third-order valence-electron chi connectivity index (χ3n) is 3.17. The Bertz CT molecular complexity index is 340. The van der Waals surface area contributed by atoms with Gasteiger partial charge >= 0.3 is 0 Å². The first-order valence-corrected chi connectivity index (χ1v) is 5.70. The number of hydrogen-bond acceptors (Lipinski definition) is 3. The summed E-state index contributed by atoms with van der Waals surface area (Å²) in [6, 6.07) is 8.73. The molecule has 1 saturated heterocycles. The van der Waals surface area contributed by atoms with E-state index < -0.39 is 0 Å². The van der Waals surface area contributed by atoms with E-state index in [0.29, 0.717) is 12.0 Å². The smallest absolute Gasteiger partial charge is 0.122 e. The van der Waals surface area contributed by atoms with Crippen LogP contribution in [0.2, 0.25) is 0 Å². The molecule has 0 saturated carbocycles. The standard InChI is InChI=1S/C13H19NO2/c1-15-9-11-7-10(8-14-11)12-5-3-4-6-13(12)16-2/h3-6,10-11,14H,7-9H2,1-2H3. The van der Waals surface area contributed by atoms with Crippen molar-refractivity contribution >= 4 is 0 Å². The maximum atomic E-state index is 5.39. The summed E-state index contributed by atoms with van der Waals surface area (Å²) in [6.45, 7) is 1.79. The van der Waals surface area contributed by atoms with Crippen molar-refractivity contribution in [1.29, 1.82) is 0 Å². The lowest BCUT2D eigenvalue weighted by Gasteiger charge is -2.13. The molecule has 1 aliphatic heterocycles. The SMILES string of the molecule is COCC1CC(c2ccccc2OC)CN1. The van der Waals surface area contributed by atoms with Gasteiger partial charge in [-0.25, -0.2) is 0 Å². The zero-order chi connectivity index (χ0) is 11.4. The first-order valence-electron chi connectivity index (χ1n) is 5.70. The highest BCUT2D eigenvalue weighted by atomic mass is 16.5. The molecule has 1 heterocycles. The molecular formula is C13H19NO2. The Hall–Kier alpha value is -1.06. The minimum absolute atomic E-state index is 0.472. The van der Waals surface area contributed by atoms with Gasteiger partial charge < -0.3 is 14.8 Å². The number of rotatable bonds is 4. The van der Waals surface area contributed by atoms with Gasteiger partial charge in [0.2, 0.25) is 0 Å². The molecule has 0 aliphatic carbocycles. The Morgan fingerprint density at radius 1 is 1.31 bits per heavy atom. The second kappa shape index (κ2) is 5.32. The van der Waals surface area contributed by atoms with E-state index >= 15 is 0 Å². The van der Waals surface area contributed by atoms with E-state index in [0.717, 1.165) is 25.3 Å². The Balaban J connectivity index is 2.08. The molecular weight excluding hydrogens is 202 g/mol. The minimum atomic E-state index is 0.472. The molecule has 1 aromatic carbocycles. The zero-order valence-electron chi connectivity index (χ0n) is 9.90. The van der Waals surface area contributed by atoms with Crippen LogP contribution in [0.3, 0.4) is 0 Å². The van der Waals surface area contributed by atoms with Crippen molar-refractivity contribution in [2.45, 2.75) is 18.4 Å². The number of nitrogens with one attached hydrogen (secondary N) is 1. The number of hydrogen-bond donors (Lipinski definition) is 1. The van der Waals surface area contributed by atoms with Gasteiger partial charge in [0.05, 0.1) is 13.7 Å². The zero-order valence-corrected chi connectivity index (χ0v) is 9.90. The second-order valence-electron chi connectivity index (χ2n) is 4.24. The molecule has 0 radical (unpaired) electrons. The summed E-state index contributed by atoms with van der Waals surface area (Å²) in [7, 11) is 3.48. The van der Waals surface area contributed by atoms with Crippen LogP contribution in [0.5, 0.6) is 5.75 Å². The van der Waals surface area contributed by atoms with E-state index in [2.05, 4.69) is 17.4 Å². The van der Waals surface area contributed by atoms with Crippen LogP contribution < -0.4 is 10.1 Å². The van der Waals surface area contributed by atoms with Crippen LogP contribution in [0.25, 0.3) is 0 Å². The molecule has 1 fully saturated rings. The lowest BCUT2D eigenvalue weighted by atomic mass is 9.95. The van der Waals surface area contributed by atoms with Crippen LogP contribution in [-0.4, -0.2) is 33.4 Å². The van der Waals surface area contributed by atoms with Crippen molar-refractivity contribution in [3.63, 3.8) is 0 Å². The molecule has 0 amide bonds. The second-order valence-corrected chi connectivity index (χ2v) is 4.24. The third kappa shape index (κ3) is 2.36. The molecule has 88 valence electrons. The number of benzene rings is 1. The lowest BCUT2D eigenvalue weighted by molar-refractivity contribution is 0.173. The van der Waals surface area contributed by atoms with Gasteiger partial charge in [-0.3, -0.25) is 0 Å². The fourth-order valence-electron chi connectivity index (χ4n) is 2.39. The van der Waals surface area contributed by atoms with E-state index in [9.17, 15) is 0 Å². The number of methoxy groups -OCH3 is 2. The predicted molar refractivity (Wildman–Crippen MR) is 64.0 cm³/mol. The van der Waals surface area contributed by atoms with Crippen molar-refractivity contribution in [2.24, 2.45) is 0 Å². The first kappa shape index (κ1) is 11.4. The van der Waals surface area contributed by atoms with Crippen molar-refractivity contribution in [3.8, 4) is 5.75 Å². The summed E-state index contributed by atoms with van der Waals surface area (Å²) in [4.78, 5) is 0. The fraction of sp³-hybridized carbons (Fsp3) is 0.538. The van der Waals surface area contributed by atoms with Crippen LogP contribution >= 0.6 is 0 Å². The van der Waals surface area contributed by atoms with E-state index in [1.807, 2.05) is 12.1 Å². The Morgan fingerprint density at radius 3 is 2.88 bits per heavy atom. The van der Waals surface area contributed by atoms with Gasteiger partial charge in [-0.05, 0) is 18.1 Å². The highest BCUT2D eigenvalue weighted by Crippen LogP contribution is 2.32. The van der Waals surface area contributed by atoms with Gasteiger partial charge in [0.15, 0.2) is 0 Å². The lowest BCUT2D eigenvalue weighted by Crippen LogP contribution is -2.25. The Morgan fingerprint density at radius 2 is 2.12 bits per heavy atom. The molecule has 2 rings (SSSR count). The molecule has 3 nitrogen and oxygen atoms in total. The molecule has 1 aliphatic rings. The maximum absolute atomic E-state index is 5.39. The quantitative estimate of drug-likeness (QED) is 0.840. The molecule has 1 aromatic rings. The van der Waals surface area contributed by atoms with Crippen molar-refractivity contribution in [3.05, 3.63) is 29.8 Å². The molecule has 2 atom stereocenters.